The van der Waals surface area contributed by atoms with Crippen LogP contribution in [0.15, 0.2) is 30.8 Å². The quantitative estimate of drug-likeness (QED) is 0.627. The molecule has 0 spiro atoms. The van der Waals surface area contributed by atoms with Gasteiger partial charge in [-0.2, -0.15) is 0 Å². The largest absolute Gasteiger partial charge is 0.321 e. The number of hydrogen-bond donors (Lipinski definition) is 0. The fraction of sp³-hybridized carbons (Fsp3) is 0.0909. The van der Waals surface area contributed by atoms with Gasteiger partial charge in [0.25, 0.3) is 0 Å². The highest BCUT2D eigenvalue weighted by Crippen LogP contribution is 2.20. The summed E-state index contributed by atoms with van der Waals surface area (Å²) in [5.41, 5.74) is 2.06. The fourth-order valence-electron chi connectivity index (χ4n) is 1.59. The van der Waals surface area contributed by atoms with Crippen LogP contribution >= 0.6 is 0 Å². The molecule has 0 aliphatic rings. The summed E-state index contributed by atoms with van der Waals surface area (Å²) in [7, 11) is 0. The van der Waals surface area contributed by atoms with Gasteiger partial charge in [-0.1, -0.05) is 6.58 Å². The summed E-state index contributed by atoms with van der Waals surface area (Å²) in [4.78, 5) is 0. The molecule has 0 unspecified atom stereocenters. The lowest BCUT2D eigenvalue weighted by atomic mass is 10.2. The third-order valence-corrected chi connectivity index (χ3v) is 2.18. The summed E-state index contributed by atoms with van der Waals surface area (Å²) >= 11 is 0. The van der Waals surface area contributed by atoms with Gasteiger partial charge in [0, 0.05) is 17.3 Å². The normalized spacial score (nSPS) is 10.6. The molecule has 0 saturated heterocycles. The van der Waals surface area contributed by atoms with E-state index >= 15 is 0 Å². The Morgan fingerprint density at radius 3 is 2.85 bits per heavy atom. The molecule has 0 bridgehead atoms. The Hall–Kier alpha value is -1.57. The summed E-state index contributed by atoms with van der Waals surface area (Å²) in [6.45, 7) is 5.68. The summed E-state index contributed by atoms with van der Waals surface area (Å²) in [6.07, 6.45) is 1.73. The van der Waals surface area contributed by atoms with E-state index in [9.17, 15) is 4.39 Å². The molecule has 0 saturated carbocycles. The van der Waals surface area contributed by atoms with Gasteiger partial charge in [0.2, 0.25) is 0 Å². The van der Waals surface area contributed by atoms with Crippen molar-refractivity contribution in [2.45, 2.75) is 6.92 Å². The van der Waals surface area contributed by atoms with Crippen molar-refractivity contribution in [2.75, 3.05) is 0 Å². The maximum absolute atomic E-state index is 12.8. The highest BCUT2D eigenvalue weighted by molar-refractivity contribution is 5.83. The molecule has 2 rings (SSSR count). The molecule has 1 heterocycles. The van der Waals surface area contributed by atoms with Gasteiger partial charge in [0.15, 0.2) is 0 Å². The number of fused-ring (bicyclic) bond motifs is 1. The molecule has 1 nitrogen and oxygen atoms in total. The summed E-state index contributed by atoms with van der Waals surface area (Å²) in [6, 6.07) is 6.70. The number of aryl methyl sites for hydroxylation is 1. The lowest BCUT2D eigenvalue weighted by Crippen LogP contribution is -1.86. The first-order valence-corrected chi connectivity index (χ1v) is 4.12. The second kappa shape index (κ2) is 2.73. The molecule has 0 fully saturated rings. The molecule has 0 radical (unpaired) electrons. The molecular weight excluding hydrogens is 165 g/mol. The number of aromatic nitrogens is 1. The maximum atomic E-state index is 12.8. The Labute approximate surface area is 76.1 Å². The Kier molecular flexibility index (Phi) is 1.69. The molecule has 0 atom stereocenters. The van der Waals surface area contributed by atoms with E-state index in [4.69, 9.17) is 0 Å². The van der Waals surface area contributed by atoms with E-state index < -0.39 is 0 Å². The van der Waals surface area contributed by atoms with E-state index in [-0.39, 0.29) is 5.82 Å². The first-order valence-electron chi connectivity index (χ1n) is 4.12. The highest BCUT2D eigenvalue weighted by atomic mass is 19.1. The van der Waals surface area contributed by atoms with Gasteiger partial charge in [-0.05, 0) is 31.2 Å². The van der Waals surface area contributed by atoms with Crippen molar-refractivity contribution in [3.05, 3.63) is 42.4 Å². The summed E-state index contributed by atoms with van der Waals surface area (Å²) in [5, 5.41) is 0.914. The Bertz CT molecular complexity index is 468. The molecule has 0 aliphatic carbocycles. The van der Waals surface area contributed by atoms with E-state index in [0.29, 0.717) is 0 Å². The van der Waals surface area contributed by atoms with Crippen molar-refractivity contribution in [3.63, 3.8) is 0 Å². The third-order valence-electron chi connectivity index (χ3n) is 2.18. The monoisotopic (exact) mass is 175 g/mol. The predicted molar refractivity (Wildman–Crippen MR) is 53.0 cm³/mol. The fourth-order valence-corrected chi connectivity index (χ4v) is 1.59. The van der Waals surface area contributed by atoms with Crippen molar-refractivity contribution < 1.29 is 4.39 Å². The molecule has 13 heavy (non-hydrogen) atoms. The lowest BCUT2D eigenvalue weighted by Gasteiger charge is -1.98. The SMILES string of the molecule is C=Cn1c(C)cc2cc(F)ccc21. The van der Waals surface area contributed by atoms with Crippen molar-refractivity contribution in [3.8, 4) is 0 Å². The molecule has 2 aromatic rings. The maximum Gasteiger partial charge on any atom is 0.123 e. The van der Waals surface area contributed by atoms with Crippen LogP contribution in [0.5, 0.6) is 0 Å². The average Bonchev–Trinajstić information content (AvgIpc) is 2.39. The second-order valence-corrected chi connectivity index (χ2v) is 3.04. The average molecular weight is 175 g/mol. The smallest absolute Gasteiger partial charge is 0.123 e. The van der Waals surface area contributed by atoms with Crippen LogP contribution < -0.4 is 0 Å². The first kappa shape index (κ1) is 8.05. The van der Waals surface area contributed by atoms with Crippen LogP contribution in [0.2, 0.25) is 0 Å². The number of rotatable bonds is 1. The third kappa shape index (κ3) is 1.15. The van der Waals surface area contributed by atoms with Crippen LogP contribution in [-0.2, 0) is 0 Å². The number of hydrogen-bond acceptors (Lipinski definition) is 0. The standard InChI is InChI=1S/C11H10FN/c1-3-13-8(2)6-9-7-10(12)4-5-11(9)13/h3-7H,1H2,2H3. The van der Waals surface area contributed by atoms with Crippen LogP contribution in [0.3, 0.4) is 0 Å². The van der Waals surface area contributed by atoms with Gasteiger partial charge in [-0.3, -0.25) is 0 Å². The van der Waals surface area contributed by atoms with E-state index in [1.54, 1.807) is 12.3 Å². The minimum absolute atomic E-state index is 0.200. The Morgan fingerprint density at radius 1 is 1.38 bits per heavy atom. The van der Waals surface area contributed by atoms with Crippen molar-refractivity contribution in [1.29, 1.82) is 0 Å². The topological polar surface area (TPSA) is 4.93 Å². The van der Waals surface area contributed by atoms with Gasteiger partial charge in [0.05, 0.1) is 5.52 Å². The van der Waals surface area contributed by atoms with Gasteiger partial charge < -0.3 is 4.57 Å². The Morgan fingerprint density at radius 2 is 2.15 bits per heavy atom. The molecule has 0 aliphatic heterocycles. The molecule has 0 amide bonds. The zero-order valence-corrected chi connectivity index (χ0v) is 7.42. The van der Waals surface area contributed by atoms with Crippen molar-refractivity contribution in [1.82, 2.24) is 4.57 Å². The zero-order valence-electron chi connectivity index (χ0n) is 7.42. The first-order chi connectivity index (χ1) is 6.22. The molecule has 1 aromatic carbocycles. The Balaban J connectivity index is 2.86. The van der Waals surface area contributed by atoms with Crippen molar-refractivity contribution in [2.24, 2.45) is 0 Å². The van der Waals surface area contributed by atoms with Gasteiger partial charge in [-0.15, -0.1) is 0 Å². The van der Waals surface area contributed by atoms with E-state index in [2.05, 4.69) is 6.58 Å². The number of nitrogens with zero attached hydrogens (tertiary/aromatic N) is 1. The number of benzene rings is 1. The molecule has 0 N–H and O–H groups in total. The van der Waals surface area contributed by atoms with Crippen LogP contribution in [0.4, 0.5) is 4.39 Å². The molecule has 2 heteroatoms. The lowest BCUT2D eigenvalue weighted by molar-refractivity contribution is 0.629. The highest BCUT2D eigenvalue weighted by Gasteiger charge is 2.02. The van der Waals surface area contributed by atoms with Gasteiger partial charge >= 0.3 is 0 Å². The minimum Gasteiger partial charge on any atom is -0.321 e. The molecular formula is C11H10FN. The van der Waals surface area contributed by atoms with Crippen molar-refractivity contribution >= 4 is 17.1 Å². The second-order valence-electron chi connectivity index (χ2n) is 3.04. The van der Waals surface area contributed by atoms with Crippen LogP contribution in [0.1, 0.15) is 5.69 Å². The van der Waals surface area contributed by atoms with E-state index in [1.165, 1.54) is 12.1 Å². The van der Waals surface area contributed by atoms with Gasteiger partial charge in [0.1, 0.15) is 5.82 Å². The molecule has 66 valence electrons. The summed E-state index contributed by atoms with van der Waals surface area (Å²) in [5.74, 6) is -0.200. The van der Waals surface area contributed by atoms with E-state index in [0.717, 1.165) is 16.6 Å². The molecule has 1 aromatic heterocycles. The van der Waals surface area contributed by atoms with Gasteiger partial charge in [-0.25, -0.2) is 4.39 Å². The minimum atomic E-state index is -0.200. The van der Waals surface area contributed by atoms with Crippen LogP contribution in [-0.4, -0.2) is 4.57 Å². The van der Waals surface area contributed by atoms with Crippen LogP contribution in [0, 0.1) is 12.7 Å². The number of halogens is 1. The summed E-state index contributed by atoms with van der Waals surface area (Å²) < 4.78 is 14.8. The van der Waals surface area contributed by atoms with E-state index in [1.807, 2.05) is 17.6 Å². The zero-order chi connectivity index (χ0) is 9.42. The predicted octanol–water partition coefficient (Wildman–Crippen LogP) is 3.19. The van der Waals surface area contributed by atoms with Crippen LogP contribution in [0.25, 0.3) is 17.1 Å².